The van der Waals surface area contributed by atoms with Gasteiger partial charge in [0.25, 0.3) is 0 Å². The standard InChI is InChI=1S/C26H23N3O3/c30-25(14-19-16-32-24-13-18-7-4-6-17(18)12-23(19)24)27-21-10-5-11-22(15-21)29-26(31)28-20-8-2-1-3-9-20/h1-3,5,8-13,15-16H,4,6-7,14H2,(H,27,30)(H2,28,29,31). The minimum atomic E-state index is -0.350. The number of urea groups is 1. The first kappa shape index (κ1) is 19.9. The average molecular weight is 425 g/mol. The Morgan fingerprint density at radius 2 is 1.47 bits per heavy atom. The second-order valence-corrected chi connectivity index (χ2v) is 7.98. The summed E-state index contributed by atoms with van der Waals surface area (Å²) >= 11 is 0. The van der Waals surface area contributed by atoms with Gasteiger partial charge in [-0.05, 0) is 72.9 Å². The molecule has 0 saturated heterocycles. The number of hydrogen-bond donors (Lipinski definition) is 3. The summed E-state index contributed by atoms with van der Waals surface area (Å²) in [5, 5.41) is 9.46. The van der Waals surface area contributed by atoms with E-state index in [1.165, 1.54) is 17.5 Å². The molecule has 1 aliphatic rings. The number of hydrogen-bond acceptors (Lipinski definition) is 3. The first-order valence-electron chi connectivity index (χ1n) is 10.7. The molecule has 3 amide bonds. The molecule has 3 aromatic carbocycles. The molecule has 0 fully saturated rings. The zero-order valence-corrected chi connectivity index (χ0v) is 17.5. The monoisotopic (exact) mass is 425 g/mol. The van der Waals surface area contributed by atoms with Crippen LogP contribution in [0.15, 0.2) is 77.4 Å². The predicted octanol–water partition coefficient (Wildman–Crippen LogP) is 5.75. The largest absolute Gasteiger partial charge is 0.464 e. The maximum atomic E-state index is 12.7. The summed E-state index contributed by atoms with van der Waals surface area (Å²) in [7, 11) is 0. The molecule has 160 valence electrons. The molecule has 0 spiro atoms. The lowest BCUT2D eigenvalue weighted by molar-refractivity contribution is -0.115. The van der Waals surface area contributed by atoms with Crippen LogP contribution in [0.1, 0.15) is 23.1 Å². The fraction of sp³-hybridized carbons (Fsp3) is 0.154. The molecule has 0 saturated carbocycles. The van der Waals surface area contributed by atoms with Crippen LogP contribution in [-0.2, 0) is 24.1 Å². The van der Waals surface area contributed by atoms with Gasteiger partial charge >= 0.3 is 6.03 Å². The zero-order valence-electron chi connectivity index (χ0n) is 17.5. The van der Waals surface area contributed by atoms with E-state index in [-0.39, 0.29) is 18.4 Å². The number of anilines is 3. The smallest absolute Gasteiger partial charge is 0.323 e. The van der Waals surface area contributed by atoms with E-state index in [1.807, 2.05) is 30.3 Å². The third kappa shape index (κ3) is 4.34. The Morgan fingerprint density at radius 3 is 2.28 bits per heavy atom. The summed E-state index contributed by atoms with van der Waals surface area (Å²) < 4.78 is 5.70. The summed E-state index contributed by atoms with van der Waals surface area (Å²) in [4.78, 5) is 24.9. The molecule has 5 rings (SSSR count). The summed E-state index contributed by atoms with van der Waals surface area (Å²) in [6.07, 6.45) is 5.24. The van der Waals surface area contributed by atoms with Gasteiger partial charge in [0.2, 0.25) is 5.91 Å². The number of carbonyl (C=O) groups excluding carboxylic acids is 2. The van der Waals surface area contributed by atoms with Crippen molar-refractivity contribution in [3.63, 3.8) is 0 Å². The SMILES string of the molecule is O=C(Cc1coc2cc3c(cc12)CCC3)Nc1cccc(NC(=O)Nc2ccccc2)c1. The van der Waals surface area contributed by atoms with E-state index in [4.69, 9.17) is 4.42 Å². The molecule has 1 heterocycles. The summed E-state index contributed by atoms with van der Waals surface area (Å²) in [6, 6.07) is 20.2. The Kier molecular flexibility index (Phi) is 5.34. The highest BCUT2D eigenvalue weighted by Crippen LogP contribution is 2.30. The molecule has 1 aromatic heterocycles. The number of fused-ring (bicyclic) bond motifs is 2. The molecule has 0 atom stereocenters. The van der Waals surface area contributed by atoms with Gasteiger partial charge in [0.15, 0.2) is 0 Å². The number of aryl methyl sites for hydroxylation is 2. The Hall–Kier alpha value is -4.06. The first-order chi connectivity index (χ1) is 15.6. The molecule has 3 N–H and O–H groups in total. The molecular formula is C26H23N3O3. The highest BCUT2D eigenvalue weighted by molar-refractivity contribution is 6.01. The molecule has 6 heteroatoms. The second-order valence-electron chi connectivity index (χ2n) is 7.98. The maximum absolute atomic E-state index is 12.7. The van der Waals surface area contributed by atoms with Crippen molar-refractivity contribution in [2.45, 2.75) is 25.7 Å². The highest BCUT2D eigenvalue weighted by Gasteiger charge is 2.17. The normalized spacial score (nSPS) is 12.4. The zero-order chi connectivity index (χ0) is 21.9. The van der Waals surface area contributed by atoms with Crippen LogP contribution in [0.2, 0.25) is 0 Å². The summed E-state index contributed by atoms with van der Waals surface area (Å²) in [5.74, 6) is -0.140. The minimum absolute atomic E-state index is 0.140. The lowest BCUT2D eigenvalue weighted by Crippen LogP contribution is -2.19. The topological polar surface area (TPSA) is 83.4 Å². The molecule has 0 bridgehead atoms. The Labute approximate surface area is 185 Å². The van der Waals surface area contributed by atoms with Crippen LogP contribution in [-0.4, -0.2) is 11.9 Å². The third-order valence-electron chi connectivity index (χ3n) is 5.66. The van der Waals surface area contributed by atoms with E-state index < -0.39 is 0 Å². The van der Waals surface area contributed by atoms with Crippen LogP contribution in [0.5, 0.6) is 0 Å². The van der Waals surface area contributed by atoms with Gasteiger partial charge in [-0.25, -0.2) is 4.79 Å². The van der Waals surface area contributed by atoms with E-state index in [2.05, 4.69) is 28.1 Å². The van der Waals surface area contributed by atoms with Crippen LogP contribution >= 0.6 is 0 Å². The third-order valence-corrected chi connectivity index (χ3v) is 5.66. The second kappa shape index (κ2) is 8.59. The number of carbonyl (C=O) groups is 2. The molecule has 0 unspecified atom stereocenters. The highest BCUT2D eigenvalue weighted by atomic mass is 16.3. The van der Waals surface area contributed by atoms with E-state index in [0.717, 1.165) is 29.4 Å². The molecule has 1 aliphatic carbocycles. The number of rotatable bonds is 5. The van der Waals surface area contributed by atoms with Crippen molar-refractivity contribution in [2.24, 2.45) is 0 Å². The average Bonchev–Trinajstić information content (AvgIpc) is 3.39. The Balaban J connectivity index is 1.23. The van der Waals surface area contributed by atoms with Crippen molar-refractivity contribution in [3.05, 3.63) is 89.7 Å². The predicted molar refractivity (Wildman–Crippen MR) is 126 cm³/mol. The fourth-order valence-corrected chi connectivity index (χ4v) is 4.15. The van der Waals surface area contributed by atoms with Crippen molar-refractivity contribution in [2.75, 3.05) is 16.0 Å². The Bertz CT molecular complexity index is 1290. The van der Waals surface area contributed by atoms with Gasteiger partial charge in [0.05, 0.1) is 12.7 Å². The van der Waals surface area contributed by atoms with E-state index in [1.54, 1.807) is 30.5 Å². The van der Waals surface area contributed by atoms with Gasteiger partial charge in [0, 0.05) is 28.0 Å². The van der Waals surface area contributed by atoms with Crippen LogP contribution in [0.25, 0.3) is 11.0 Å². The van der Waals surface area contributed by atoms with Gasteiger partial charge in [-0.2, -0.15) is 0 Å². The molecule has 0 radical (unpaired) electrons. The summed E-state index contributed by atoms with van der Waals surface area (Å²) in [6.45, 7) is 0. The molecular weight excluding hydrogens is 402 g/mol. The Morgan fingerprint density at radius 1 is 0.781 bits per heavy atom. The van der Waals surface area contributed by atoms with Crippen LogP contribution in [0.3, 0.4) is 0 Å². The molecule has 6 nitrogen and oxygen atoms in total. The van der Waals surface area contributed by atoms with Gasteiger partial charge in [-0.1, -0.05) is 24.3 Å². The summed E-state index contributed by atoms with van der Waals surface area (Å²) in [5.41, 5.74) is 6.32. The van der Waals surface area contributed by atoms with E-state index in [0.29, 0.717) is 17.1 Å². The lowest BCUT2D eigenvalue weighted by Gasteiger charge is -2.10. The quantitative estimate of drug-likeness (QED) is 0.381. The fourth-order valence-electron chi connectivity index (χ4n) is 4.15. The van der Waals surface area contributed by atoms with Crippen molar-refractivity contribution >= 4 is 40.0 Å². The number of para-hydroxylation sites is 1. The van der Waals surface area contributed by atoms with Crippen LogP contribution in [0, 0.1) is 0 Å². The molecule has 4 aromatic rings. The minimum Gasteiger partial charge on any atom is -0.464 e. The lowest BCUT2D eigenvalue weighted by atomic mass is 10.0. The first-order valence-corrected chi connectivity index (χ1v) is 10.7. The van der Waals surface area contributed by atoms with Gasteiger partial charge < -0.3 is 20.4 Å². The van der Waals surface area contributed by atoms with Crippen molar-refractivity contribution < 1.29 is 14.0 Å². The van der Waals surface area contributed by atoms with E-state index >= 15 is 0 Å². The number of nitrogens with one attached hydrogen (secondary N) is 3. The van der Waals surface area contributed by atoms with Gasteiger partial charge in [-0.15, -0.1) is 0 Å². The van der Waals surface area contributed by atoms with Gasteiger partial charge in [-0.3, -0.25) is 4.79 Å². The number of amides is 3. The van der Waals surface area contributed by atoms with Crippen molar-refractivity contribution in [1.29, 1.82) is 0 Å². The van der Waals surface area contributed by atoms with Crippen molar-refractivity contribution in [3.8, 4) is 0 Å². The molecule has 32 heavy (non-hydrogen) atoms. The van der Waals surface area contributed by atoms with E-state index in [9.17, 15) is 9.59 Å². The van der Waals surface area contributed by atoms with Crippen molar-refractivity contribution in [1.82, 2.24) is 0 Å². The number of benzene rings is 3. The van der Waals surface area contributed by atoms with Gasteiger partial charge in [0.1, 0.15) is 5.58 Å². The van der Waals surface area contributed by atoms with Crippen LogP contribution in [0.4, 0.5) is 21.9 Å². The molecule has 0 aliphatic heterocycles. The maximum Gasteiger partial charge on any atom is 0.323 e. The van der Waals surface area contributed by atoms with Crippen LogP contribution < -0.4 is 16.0 Å². The number of furan rings is 1.